The highest BCUT2D eigenvalue weighted by atomic mass is 16.1. The molecule has 1 aliphatic carbocycles. The Balaban J connectivity index is 1.96. The summed E-state index contributed by atoms with van der Waals surface area (Å²) in [4.78, 5) is 12.0. The standard InChI is InChI=1S/C14H20N2O/c1-10(11-5-2-3-6-11)16-14(17)12-7-4-8-13(15)9-12/h4,7-11H,2-3,5-6,15H2,1H3,(H,16,17)/t10-/m1/s1. The van der Waals surface area contributed by atoms with E-state index in [2.05, 4.69) is 12.2 Å². The van der Waals surface area contributed by atoms with Crippen molar-refractivity contribution in [3.63, 3.8) is 0 Å². The average Bonchev–Trinajstić information content (AvgIpc) is 2.82. The largest absolute Gasteiger partial charge is 0.399 e. The average molecular weight is 232 g/mol. The summed E-state index contributed by atoms with van der Waals surface area (Å²) < 4.78 is 0. The van der Waals surface area contributed by atoms with Gasteiger partial charge in [-0.2, -0.15) is 0 Å². The van der Waals surface area contributed by atoms with Gasteiger partial charge < -0.3 is 11.1 Å². The van der Waals surface area contributed by atoms with E-state index in [9.17, 15) is 4.79 Å². The van der Waals surface area contributed by atoms with E-state index in [1.54, 1.807) is 18.2 Å². The molecular weight excluding hydrogens is 212 g/mol. The third-order valence-electron chi connectivity index (χ3n) is 3.61. The zero-order chi connectivity index (χ0) is 12.3. The lowest BCUT2D eigenvalue weighted by Crippen LogP contribution is -2.37. The number of rotatable bonds is 3. The molecule has 1 aromatic rings. The molecule has 1 aromatic carbocycles. The van der Waals surface area contributed by atoms with E-state index in [4.69, 9.17) is 5.73 Å². The molecule has 0 unspecified atom stereocenters. The second-order valence-electron chi connectivity index (χ2n) is 4.93. The smallest absolute Gasteiger partial charge is 0.251 e. The number of hydrogen-bond acceptors (Lipinski definition) is 2. The predicted molar refractivity (Wildman–Crippen MR) is 69.7 cm³/mol. The molecule has 3 nitrogen and oxygen atoms in total. The maximum absolute atomic E-state index is 12.0. The Labute approximate surface area is 102 Å². The van der Waals surface area contributed by atoms with Crippen molar-refractivity contribution >= 4 is 11.6 Å². The van der Waals surface area contributed by atoms with E-state index in [0.29, 0.717) is 17.2 Å². The molecule has 2 rings (SSSR count). The minimum absolute atomic E-state index is 0.0169. The first-order chi connectivity index (χ1) is 8.16. The number of nitrogen functional groups attached to an aromatic ring is 1. The van der Waals surface area contributed by atoms with Crippen LogP contribution in [0.4, 0.5) is 5.69 Å². The number of nitrogens with two attached hydrogens (primary N) is 1. The molecule has 0 spiro atoms. The topological polar surface area (TPSA) is 55.1 Å². The molecule has 1 saturated carbocycles. The summed E-state index contributed by atoms with van der Waals surface area (Å²) in [6, 6.07) is 7.37. The highest BCUT2D eigenvalue weighted by molar-refractivity contribution is 5.95. The first-order valence-electron chi connectivity index (χ1n) is 6.33. The lowest BCUT2D eigenvalue weighted by Gasteiger charge is -2.20. The van der Waals surface area contributed by atoms with Crippen molar-refractivity contribution in [2.24, 2.45) is 5.92 Å². The third-order valence-corrected chi connectivity index (χ3v) is 3.61. The maximum Gasteiger partial charge on any atom is 0.251 e. The number of benzene rings is 1. The number of hydrogen-bond donors (Lipinski definition) is 2. The Morgan fingerprint density at radius 1 is 1.41 bits per heavy atom. The molecule has 1 amide bonds. The van der Waals surface area contributed by atoms with Gasteiger partial charge in [0.1, 0.15) is 0 Å². The summed E-state index contributed by atoms with van der Waals surface area (Å²) in [6.07, 6.45) is 5.06. The first-order valence-corrected chi connectivity index (χ1v) is 6.33. The Bertz CT molecular complexity index is 397. The Morgan fingerprint density at radius 3 is 2.76 bits per heavy atom. The quantitative estimate of drug-likeness (QED) is 0.787. The second kappa shape index (κ2) is 5.21. The van der Waals surface area contributed by atoms with Crippen molar-refractivity contribution in [3.8, 4) is 0 Å². The molecule has 0 radical (unpaired) electrons. The zero-order valence-corrected chi connectivity index (χ0v) is 10.3. The van der Waals surface area contributed by atoms with Crippen LogP contribution in [0.2, 0.25) is 0 Å². The van der Waals surface area contributed by atoms with Crippen LogP contribution in [-0.2, 0) is 0 Å². The molecule has 1 atom stereocenters. The van der Waals surface area contributed by atoms with Crippen molar-refractivity contribution < 1.29 is 4.79 Å². The van der Waals surface area contributed by atoms with Crippen LogP contribution in [0, 0.1) is 5.92 Å². The fourth-order valence-electron chi connectivity index (χ4n) is 2.55. The maximum atomic E-state index is 12.0. The zero-order valence-electron chi connectivity index (χ0n) is 10.3. The van der Waals surface area contributed by atoms with Gasteiger partial charge in [-0.1, -0.05) is 18.9 Å². The number of nitrogens with one attached hydrogen (secondary N) is 1. The van der Waals surface area contributed by atoms with Gasteiger partial charge >= 0.3 is 0 Å². The van der Waals surface area contributed by atoms with Gasteiger partial charge in [0.05, 0.1) is 0 Å². The number of carbonyl (C=O) groups excluding carboxylic acids is 1. The summed E-state index contributed by atoms with van der Waals surface area (Å²) >= 11 is 0. The van der Waals surface area contributed by atoms with Crippen LogP contribution in [0.1, 0.15) is 43.0 Å². The van der Waals surface area contributed by atoms with Crippen LogP contribution in [0.5, 0.6) is 0 Å². The van der Waals surface area contributed by atoms with Crippen molar-refractivity contribution in [1.29, 1.82) is 0 Å². The van der Waals surface area contributed by atoms with E-state index < -0.39 is 0 Å². The highest BCUT2D eigenvalue weighted by Gasteiger charge is 2.22. The SMILES string of the molecule is C[C@@H](NC(=O)c1cccc(N)c1)C1CCCC1. The van der Waals surface area contributed by atoms with Crippen molar-refractivity contribution in [3.05, 3.63) is 29.8 Å². The van der Waals surface area contributed by atoms with Crippen LogP contribution in [0.25, 0.3) is 0 Å². The molecule has 0 aliphatic heterocycles. The van der Waals surface area contributed by atoms with E-state index in [-0.39, 0.29) is 11.9 Å². The fourth-order valence-corrected chi connectivity index (χ4v) is 2.55. The van der Waals surface area contributed by atoms with Crippen LogP contribution < -0.4 is 11.1 Å². The summed E-state index contributed by atoms with van der Waals surface area (Å²) in [6.45, 7) is 2.10. The van der Waals surface area contributed by atoms with Gasteiger partial charge in [-0.05, 0) is 43.9 Å². The molecule has 3 heteroatoms. The summed E-state index contributed by atoms with van der Waals surface area (Å²) in [5.41, 5.74) is 6.95. The third kappa shape index (κ3) is 2.99. The normalized spacial score (nSPS) is 17.9. The van der Waals surface area contributed by atoms with Gasteiger partial charge in [0, 0.05) is 17.3 Å². The van der Waals surface area contributed by atoms with Crippen molar-refractivity contribution in [2.45, 2.75) is 38.6 Å². The number of amides is 1. The molecule has 0 bridgehead atoms. The van der Waals surface area contributed by atoms with Crippen LogP contribution >= 0.6 is 0 Å². The van der Waals surface area contributed by atoms with Crippen molar-refractivity contribution in [1.82, 2.24) is 5.32 Å². The van der Waals surface area contributed by atoms with Gasteiger partial charge in [-0.3, -0.25) is 4.79 Å². The molecule has 92 valence electrons. The molecule has 3 N–H and O–H groups in total. The second-order valence-corrected chi connectivity index (χ2v) is 4.93. The minimum Gasteiger partial charge on any atom is -0.399 e. The molecule has 1 fully saturated rings. The summed E-state index contributed by atoms with van der Waals surface area (Å²) in [5, 5.41) is 3.07. The monoisotopic (exact) mass is 232 g/mol. The highest BCUT2D eigenvalue weighted by Crippen LogP contribution is 2.27. The van der Waals surface area contributed by atoms with E-state index in [0.717, 1.165) is 0 Å². The molecule has 17 heavy (non-hydrogen) atoms. The summed E-state index contributed by atoms with van der Waals surface area (Å²) in [5.74, 6) is 0.622. The number of anilines is 1. The molecule has 1 aliphatic rings. The van der Waals surface area contributed by atoms with E-state index >= 15 is 0 Å². The van der Waals surface area contributed by atoms with Crippen LogP contribution in [0.3, 0.4) is 0 Å². The lowest BCUT2D eigenvalue weighted by molar-refractivity contribution is 0.0927. The molecule has 0 aromatic heterocycles. The van der Waals surface area contributed by atoms with Gasteiger partial charge in [-0.25, -0.2) is 0 Å². The van der Waals surface area contributed by atoms with E-state index in [1.165, 1.54) is 25.7 Å². The van der Waals surface area contributed by atoms with Crippen LogP contribution in [-0.4, -0.2) is 11.9 Å². The molecular formula is C14H20N2O. The van der Waals surface area contributed by atoms with Gasteiger partial charge in [-0.15, -0.1) is 0 Å². The van der Waals surface area contributed by atoms with Crippen molar-refractivity contribution in [2.75, 3.05) is 5.73 Å². The Morgan fingerprint density at radius 2 is 2.12 bits per heavy atom. The summed E-state index contributed by atoms with van der Waals surface area (Å²) in [7, 11) is 0. The Hall–Kier alpha value is -1.51. The molecule has 0 heterocycles. The van der Waals surface area contributed by atoms with Crippen LogP contribution in [0.15, 0.2) is 24.3 Å². The Kier molecular flexibility index (Phi) is 3.67. The van der Waals surface area contributed by atoms with Gasteiger partial charge in [0.25, 0.3) is 5.91 Å². The fraction of sp³-hybridized carbons (Fsp3) is 0.500. The van der Waals surface area contributed by atoms with E-state index in [1.807, 2.05) is 6.07 Å². The lowest BCUT2D eigenvalue weighted by atomic mass is 9.99. The molecule has 0 saturated heterocycles. The van der Waals surface area contributed by atoms with Gasteiger partial charge in [0.2, 0.25) is 0 Å². The first kappa shape index (κ1) is 12.0. The van der Waals surface area contributed by atoms with Gasteiger partial charge in [0.15, 0.2) is 0 Å². The predicted octanol–water partition coefficient (Wildman–Crippen LogP) is 2.58. The number of carbonyl (C=O) groups is 1. The minimum atomic E-state index is -0.0169.